The van der Waals surface area contributed by atoms with Gasteiger partial charge in [-0.15, -0.1) is 0 Å². The Balaban J connectivity index is 0. The lowest BCUT2D eigenvalue weighted by molar-refractivity contribution is -0.158. The zero-order valence-corrected chi connectivity index (χ0v) is 8.23. The third-order valence-electron chi connectivity index (χ3n) is 0.821. The van der Waals surface area contributed by atoms with E-state index in [0.717, 1.165) is 12.2 Å². The molecule has 1 N–H and O–H groups in total. The van der Waals surface area contributed by atoms with Gasteiger partial charge in [0.25, 0.3) is 0 Å². The molecule has 0 aromatic carbocycles. The number of carbonyl (C=O) groups is 2. The Morgan fingerprint density at radius 2 is 1.71 bits per heavy atom. The number of aliphatic hydroxyl groups is 1. The second kappa shape index (κ2) is 9.47. The lowest BCUT2D eigenvalue weighted by atomic mass is 10.6. The van der Waals surface area contributed by atoms with Gasteiger partial charge in [0, 0.05) is 12.2 Å². The number of hydrogen-bond donors (Lipinski definition) is 1. The van der Waals surface area contributed by atoms with Crippen molar-refractivity contribution in [1.82, 2.24) is 0 Å². The summed E-state index contributed by atoms with van der Waals surface area (Å²) in [6.45, 7) is 7.63. The fourth-order valence-electron chi connectivity index (χ4n) is 0.300. The molecular formula is C9H14O5. The fraction of sp³-hybridized carbons (Fsp3) is 0.333. The SMILES string of the molecule is C=CC(=O)OC.C=CC(=O)OC(C)O. The molecule has 0 saturated heterocycles. The van der Waals surface area contributed by atoms with Crippen LogP contribution in [-0.4, -0.2) is 30.4 Å². The molecule has 0 radical (unpaired) electrons. The Morgan fingerprint density at radius 1 is 1.29 bits per heavy atom. The predicted molar refractivity (Wildman–Crippen MR) is 50.2 cm³/mol. The van der Waals surface area contributed by atoms with E-state index in [4.69, 9.17) is 5.11 Å². The maximum atomic E-state index is 10.1. The first-order valence-corrected chi connectivity index (χ1v) is 3.69. The van der Waals surface area contributed by atoms with Crippen LogP contribution >= 0.6 is 0 Å². The molecule has 14 heavy (non-hydrogen) atoms. The average molecular weight is 202 g/mol. The maximum absolute atomic E-state index is 10.1. The van der Waals surface area contributed by atoms with Crippen molar-refractivity contribution in [3.63, 3.8) is 0 Å². The minimum atomic E-state index is -1.04. The van der Waals surface area contributed by atoms with Crippen LogP contribution in [0.1, 0.15) is 6.92 Å². The Kier molecular flexibility index (Phi) is 10.1. The van der Waals surface area contributed by atoms with Crippen molar-refractivity contribution in [2.45, 2.75) is 13.2 Å². The van der Waals surface area contributed by atoms with Crippen LogP contribution in [0.3, 0.4) is 0 Å². The predicted octanol–water partition coefficient (Wildman–Crippen LogP) is 0.399. The maximum Gasteiger partial charge on any atom is 0.332 e. The van der Waals surface area contributed by atoms with Gasteiger partial charge in [0.05, 0.1) is 7.11 Å². The first kappa shape index (κ1) is 14.9. The molecule has 0 spiro atoms. The Hall–Kier alpha value is -1.62. The number of ether oxygens (including phenoxy) is 2. The number of hydrogen-bond acceptors (Lipinski definition) is 5. The van der Waals surface area contributed by atoms with E-state index in [2.05, 4.69) is 22.6 Å². The van der Waals surface area contributed by atoms with E-state index in [9.17, 15) is 9.59 Å². The smallest absolute Gasteiger partial charge is 0.332 e. The first-order chi connectivity index (χ1) is 6.47. The molecule has 0 rings (SSSR count). The highest BCUT2D eigenvalue weighted by Crippen LogP contribution is 1.84. The summed E-state index contributed by atoms with van der Waals surface area (Å²) >= 11 is 0. The average Bonchev–Trinajstić information content (AvgIpc) is 2.16. The molecule has 0 saturated carbocycles. The number of carbonyl (C=O) groups excluding carboxylic acids is 2. The van der Waals surface area contributed by atoms with Crippen molar-refractivity contribution in [3.8, 4) is 0 Å². The van der Waals surface area contributed by atoms with Crippen LogP contribution in [0.2, 0.25) is 0 Å². The lowest BCUT2D eigenvalue weighted by Gasteiger charge is -2.01. The molecule has 0 heterocycles. The van der Waals surface area contributed by atoms with Crippen LogP contribution < -0.4 is 0 Å². The topological polar surface area (TPSA) is 72.8 Å². The molecule has 0 amide bonds. The molecule has 5 nitrogen and oxygen atoms in total. The summed E-state index contributed by atoms with van der Waals surface area (Å²) in [6.07, 6.45) is 1.06. The highest BCUT2D eigenvalue weighted by atomic mass is 16.6. The molecule has 80 valence electrons. The summed E-state index contributed by atoms with van der Waals surface area (Å²) in [7, 11) is 1.31. The zero-order chi connectivity index (χ0) is 11.6. The van der Waals surface area contributed by atoms with Crippen molar-refractivity contribution >= 4 is 11.9 Å². The number of esters is 2. The van der Waals surface area contributed by atoms with Gasteiger partial charge in [-0.05, 0) is 6.92 Å². The number of aliphatic hydroxyl groups excluding tert-OH is 1. The van der Waals surface area contributed by atoms with Gasteiger partial charge in [0.1, 0.15) is 0 Å². The van der Waals surface area contributed by atoms with E-state index >= 15 is 0 Å². The van der Waals surface area contributed by atoms with Crippen molar-refractivity contribution in [2.75, 3.05) is 7.11 Å². The van der Waals surface area contributed by atoms with Gasteiger partial charge in [-0.2, -0.15) is 0 Å². The summed E-state index contributed by atoms with van der Waals surface area (Å²) in [4.78, 5) is 20.0. The van der Waals surface area contributed by atoms with E-state index in [1.807, 2.05) is 0 Å². The molecule has 5 heteroatoms. The summed E-state index contributed by atoms with van der Waals surface area (Å²) in [6, 6.07) is 0. The summed E-state index contributed by atoms with van der Waals surface area (Å²) in [5, 5.41) is 8.36. The van der Waals surface area contributed by atoms with Gasteiger partial charge >= 0.3 is 11.9 Å². The molecular weight excluding hydrogens is 188 g/mol. The van der Waals surface area contributed by atoms with Gasteiger partial charge in [0.15, 0.2) is 6.29 Å². The highest BCUT2D eigenvalue weighted by molar-refractivity contribution is 5.81. The highest BCUT2D eigenvalue weighted by Gasteiger charge is 1.97. The number of rotatable bonds is 3. The van der Waals surface area contributed by atoms with Crippen LogP contribution in [0.5, 0.6) is 0 Å². The van der Waals surface area contributed by atoms with Crippen LogP contribution in [-0.2, 0) is 19.1 Å². The van der Waals surface area contributed by atoms with Gasteiger partial charge in [-0.3, -0.25) is 0 Å². The molecule has 0 aromatic rings. The lowest BCUT2D eigenvalue weighted by Crippen LogP contribution is -2.10. The molecule has 1 unspecified atom stereocenters. The van der Waals surface area contributed by atoms with E-state index in [0.29, 0.717) is 0 Å². The van der Waals surface area contributed by atoms with E-state index < -0.39 is 18.2 Å². The molecule has 0 aliphatic heterocycles. The quantitative estimate of drug-likeness (QED) is 0.407. The molecule has 0 aromatic heterocycles. The van der Waals surface area contributed by atoms with E-state index in [1.54, 1.807) is 0 Å². The Labute approximate surface area is 82.6 Å². The third-order valence-corrected chi connectivity index (χ3v) is 0.821. The largest absolute Gasteiger partial charge is 0.466 e. The zero-order valence-electron chi connectivity index (χ0n) is 8.23. The van der Waals surface area contributed by atoms with Crippen molar-refractivity contribution in [1.29, 1.82) is 0 Å². The van der Waals surface area contributed by atoms with Crippen molar-refractivity contribution in [3.05, 3.63) is 25.3 Å². The molecule has 0 fully saturated rings. The van der Waals surface area contributed by atoms with Crippen LogP contribution in [0.25, 0.3) is 0 Å². The second-order valence-electron chi connectivity index (χ2n) is 1.97. The van der Waals surface area contributed by atoms with Crippen LogP contribution in [0.4, 0.5) is 0 Å². The number of methoxy groups -OCH3 is 1. The normalized spacial score (nSPS) is 9.93. The van der Waals surface area contributed by atoms with Gasteiger partial charge in [-0.25, -0.2) is 9.59 Å². The second-order valence-corrected chi connectivity index (χ2v) is 1.97. The minimum Gasteiger partial charge on any atom is -0.466 e. The van der Waals surface area contributed by atoms with Crippen molar-refractivity contribution in [2.24, 2.45) is 0 Å². The van der Waals surface area contributed by atoms with Gasteiger partial charge < -0.3 is 14.6 Å². The van der Waals surface area contributed by atoms with Crippen LogP contribution in [0.15, 0.2) is 25.3 Å². The molecule has 0 bridgehead atoms. The first-order valence-electron chi connectivity index (χ1n) is 3.69. The Morgan fingerprint density at radius 3 is 1.79 bits per heavy atom. The van der Waals surface area contributed by atoms with E-state index in [1.165, 1.54) is 14.0 Å². The molecule has 0 aliphatic rings. The summed E-state index contributed by atoms with van der Waals surface area (Å²) in [5.74, 6) is -1.00. The summed E-state index contributed by atoms with van der Waals surface area (Å²) < 4.78 is 8.34. The molecule has 0 aliphatic carbocycles. The third kappa shape index (κ3) is 13.0. The van der Waals surface area contributed by atoms with E-state index in [-0.39, 0.29) is 0 Å². The summed E-state index contributed by atoms with van der Waals surface area (Å²) in [5.41, 5.74) is 0. The van der Waals surface area contributed by atoms with Gasteiger partial charge in [0.2, 0.25) is 0 Å². The van der Waals surface area contributed by atoms with Crippen LogP contribution in [0, 0.1) is 0 Å². The monoisotopic (exact) mass is 202 g/mol. The van der Waals surface area contributed by atoms with Crippen molar-refractivity contribution < 1.29 is 24.2 Å². The Bertz CT molecular complexity index is 207. The van der Waals surface area contributed by atoms with Gasteiger partial charge in [-0.1, -0.05) is 13.2 Å². The standard InChI is InChI=1S/C5H8O3.C4H6O2/c1-3-5(7)8-4(2)6;1-3-4(5)6-2/h3-4,6H,1H2,2H3;3H,1H2,2H3. The molecule has 1 atom stereocenters. The fourth-order valence-corrected chi connectivity index (χ4v) is 0.300. The minimum absolute atomic E-state index is 0.394.